The number of halogens is 1. The fourth-order valence-electron chi connectivity index (χ4n) is 3.01. The number of nitrogens with two attached hydrogens (primary N) is 1. The van der Waals surface area contributed by atoms with Crippen LogP contribution >= 0.6 is 15.9 Å². The molecule has 1 aromatic carbocycles. The Morgan fingerprint density at radius 1 is 1.33 bits per heavy atom. The largest absolute Gasteiger partial charge is 0.368 e. The Morgan fingerprint density at radius 2 is 2.12 bits per heavy atom. The minimum absolute atomic E-state index is 0.155. The zero-order valence-electron chi connectivity index (χ0n) is 12.9. The lowest BCUT2D eigenvalue weighted by molar-refractivity contribution is -0.141. The van der Waals surface area contributed by atoms with Gasteiger partial charge in [0, 0.05) is 11.0 Å². The molecule has 0 bridgehead atoms. The number of benzene rings is 1. The number of rotatable bonds is 3. The van der Waals surface area contributed by atoms with Crippen molar-refractivity contribution in [2.45, 2.75) is 31.8 Å². The average Bonchev–Trinajstić information content (AvgIpc) is 2.57. The van der Waals surface area contributed by atoms with E-state index in [-0.39, 0.29) is 18.0 Å². The van der Waals surface area contributed by atoms with Crippen molar-refractivity contribution in [3.8, 4) is 0 Å². The highest BCUT2D eigenvalue weighted by molar-refractivity contribution is 9.10. The van der Waals surface area contributed by atoms with Crippen molar-refractivity contribution < 1.29 is 9.59 Å². The number of carbonyl (C=O) groups excluding carboxylic acids is 2. The molecule has 1 fully saturated rings. The molecule has 1 saturated heterocycles. The molecule has 1 aliphatic heterocycles. The normalized spacial score (nSPS) is 17.9. The summed E-state index contributed by atoms with van der Waals surface area (Å²) < 4.78 is 2.03. The minimum atomic E-state index is -0.593. The topological polar surface area (TPSA) is 98.3 Å². The lowest BCUT2D eigenvalue weighted by atomic mass is 10.0. The fraction of sp³-hybridized carbons (Fsp3) is 0.375. The SMILES string of the molecule is NC(=O)C1CCCCN1C(=O)Cn1cnc2ccc(Br)cc2c1=O. The highest BCUT2D eigenvalue weighted by atomic mass is 79.9. The third-order valence-electron chi connectivity index (χ3n) is 4.24. The van der Waals surface area contributed by atoms with Gasteiger partial charge in [0.25, 0.3) is 5.56 Å². The first-order chi connectivity index (χ1) is 11.5. The summed E-state index contributed by atoms with van der Waals surface area (Å²) in [5.74, 6) is -0.798. The van der Waals surface area contributed by atoms with E-state index in [2.05, 4.69) is 20.9 Å². The van der Waals surface area contributed by atoms with E-state index in [0.29, 0.717) is 23.9 Å². The maximum absolute atomic E-state index is 12.6. The predicted octanol–water partition coefficient (Wildman–Crippen LogP) is 1.03. The van der Waals surface area contributed by atoms with Crippen molar-refractivity contribution in [1.82, 2.24) is 14.5 Å². The molecule has 0 aliphatic carbocycles. The predicted molar refractivity (Wildman–Crippen MR) is 92.2 cm³/mol. The maximum Gasteiger partial charge on any atom is 0.261 e. The van der Waals surface area contributed by atoms with Crippen LogP contribution in [-0.2, 0) is 16.1 Å². The molecular weight excluding hydrogens is 376 g/mol. The molecule has 126 valence electrons. The van der Waals surface area contributed by atoms with Crippen molar-refractivity contribution in [3.63, 3.8) is 0 Å². The van der Waals surface area contributed by atoms with Gasteiger partial charge in [0.05, 0.1) is 17.2 Å². The third kappa shape index (κ3) is 3.19. The summed E-state index contributed by atoms with van der Waals surface area (Å²) in [5.41, 5.74) is 5.67. The van der Waals surface area contributed by atoms with Crippen LogP contribution in [0.25, 0.3) is 10.9 Å². The van der Waals surface area contributed by atoms with Crippen molar-refractivity contribution >= 4 is 38.6 Å². The first-order valence-corrected chi connectivity index (χ1v) is 8.50. The molecular formula is C16H17BrN4O3. The van der Waals surface area contributed by atoms with Crippen LogP contribution in [0.1, 0.15) is 19.3 Å². The second-order valence-corrected chi connectivity index (χ2v) is 6.76. The number of amides is 2. The Bertz CT molecular complexity index is 864. The Hall–Kier alpha value is -2.22. The summed E-state index contributed by atoms with van der Waals surface area (Å²) in [6, 6.07) is 4.62. The van der Waals surface area contributed by atoms with Crippen molar-refractivity contribution in [2.75, 3.05) is 6.54 Å². The Balaban J connectivity index is 1.89. The summed E-state index contributed by atoms with van der Waals surface area (Å²) in [4.78, 5) is 42.3. The van der Waals surface area contributed by atoms with Gasteiger partial charge >= 0.3 is 0 Å². The molecule has 2 aromatic rings. The average molecular weight is 393 g/mol. The summed E-state index contributed by atoms with van der Waals surface area (Å²) >= 11 is 3.33. The molecule has 1 atom stereocenters. The standard InChI is InChI=1S/C16H17BrN4O3/c17-10-4-5-12-11(7-10)16(24)20(9-19-12)8-14(22)21-6-2-1-3-13(21)15(18)23/h4-5,7,9,13H,1-3,6,8H2,(H2,18,23). The van der Waals surface area contributed by atoms with Gasteiger partial charge in [-0.1, -0.05) is 15.9 Å². The number of likely N-dealkylation sites (tertiary alicyclic amines) is 1. The summed E-state index contributed by atoms with van der Waals surface area (Å²) in [7, 11) is 0. The van der Waals surface area contributed by atoms with Gasteiger partial charge in [-0.25, -0.2) is 4.98 Å². The molecule has 1 unspecified atom stereocenters. The number of aromatic nitrogens is 2. The second-order valence-electron chi connectivity index (χ2n) is 5.84. The molecule has 3 rings (SSSR count). The number of piperidine rings is 1. The molecule has 1 aliphatic rings. The summed E-state index contributed by atoms with van der Waals surface area (Å²) in [6.07, 6.45) is 3.62. The van der Waals surface area contributed by atoms with E-state index >= 15 is 0 Å². The Kier molecular flexibility index (Phi) is 4.66. The molecule has 24 heavy (non-hydrogen) atoms. The van der Waals surface area contributed by atoms with Gasteiger partial charge in [0.2, 0.25) is 11.8 Å². The second kappa shape index (κ2) is 6.72. The molecule has 7 nitrogen and oxygen atoms in total. The fourth-order valence-corrected chi connectivity index (χ4v) is 3.37. The number of nitrogens with zero attached hydrogens (tertiary/aromatic N) is 3. The van der Waals surface area contributed by atoms with E-state index in [9.17, 15) is 14.4 Å². The summed E-state index contributed by atoms with van der Waals surface area (Å²) in [6.45, 7) is 0.325. The molecule has 0 spiro atoms. The lowest BCUT2D eigenvalue weighted by Crippen LogP contribution is -2.51. The van der Waals surface area contributed by atoms with E-state index in [1.54, 1.807) is 18.2 Å². The van der Waals surface area contributed by atoms with E-state index in [4.69, 9.17) is 5.73 Å². The van der Waals surface area contributed by atoms with Crippen LogP contribution in [0.5, 0.6) is 0 Å². The molecule has 2 N–H and O–H groups in total. The van der Waals surface area contributed by atoms with Crippen LogP contribution in [0.2, 0.25) is 0 Å². The Labute approximate surface area is 146 Å². The maximum atomic E-state index is 12.6. The highest BCUT2D eigenvalue weighted by Gasteiger charge is 2.30. The van der Waals surface area contributed by atoms with Crippen LogP contribution in [0, 0.1) is 0 Å². The smallest absolute Gasteiger partial charge is 0.261 e. The first-order valence-electron chi connectivity index (χ1n) is 7.71. The minimum Gasteiger partial charge on any atom is -0.368 e. The van der Waals surface area contributed by atoms with Gasteiger partial charge in [-0.2, -0.15) is 0 Å². The number of primary amides is 1. The van der Waals surface area contributed by atoms with Crippen molar-refractivity contribution in [2.24, 2.45) is 5.73 Å². The van der Waals surface area contributed by atoms with Crippen LogP contribution < -0.4 is 11.3 Å². The summed E-state index contributed by atoms with van der Waals surface area (Å²) in [5, 5.41) is 0.435. The monoisotopic (exact) mass is 392 g/mol. The third-order valence-corrected chi connectivity index (χ3v) is 4.74. The van der Waals surface area contributed by atoms with E-state index in [1.165, 1.54) is 15.8 Å². The molecule has 0 saturated carbocycles. The lowest BCUT2D eigenvalue weighted by Gasteiger charge is -2.33. The molecule has 1 aromatic heterocycles. The van der Waals surface area contributed by atoms with Gasteiger partial charge in [0.1, 0.15) is 12.6 Å². The van der Waals surface area contributed by atoms with Gasteiger partial charge in [-0.3, -0.25) is 19.0 Å². The van der Waals surface area contributed by atoms with Crippen LogP contribution in [0.15, 0.2) is 33.8 Å². The van der Waals surface area contributed by atoms with Crippen LogP contribution in [-0.4, -0.2) is 38.9 Å². The highest BCUT2D eigenvalue weighted by Crippen LogP contribution is 2.18. The zero-order chi connectivity index (χ0) is 17.3. The first kappa shape index (κ1) is 16.6. The van der Waals surface area contributed by atoms with Crippen molar-refractivity contribution in [3.05, 3.63) is 39.4 Å². The van der Waals surface area contributed by atoms with Crippen LogP contribution in [0.4, 0.5) is 0 Å². The van der Waals surface area contributed by atoms with Crippen molar-refractivity contribution in [1.29, 1.82) is 0 Å². The molecule has 0 radical (unpaired) electrons. The van der Waals surface area contributed by atoms with E-state index in [1.807, 2.05) is 0 Å². The van der Waals surface area contributed by atoms with E-state index in [0.717, 1.165) is 17.3 Å². The quantitative estimate of drug-likeness (QED) is 0.842. The molecule has 2 heterocycles. The number of carbonyl (C=O) groups is 2. The van der Waals surface area contributed by atoms with Gasteiger partial charge in [-0.05, 0) is 37.5 Å². The van der Waals surface area contributed by atoms with Gasteiger partial charge in [-0.15, -0.1) is 0 Å². The van der Waals surface area contributed by atoms with E-state index < -0.39 is 11.9 Å². The molecule has 2 amide bonds. The number of hydrogen-bond donors (Lipinski definition) is 1. The van der Waals surface area contributed by atoms with Gasteiger partial charge in [0.15, 0.2) is 0 Å². The zero-order valence-corrected chi connectivity index (χ0v) is 14.5. The van der Waals surface area contributed by atoms with Gasteiger partial charge < -0.3 is 10.6 Å². The number of fused-ring (bicyclic) bond motifs is 1. The number of hydrogen-bond acceptors (Lipinski definition) is 4. The molecule has 8 heteroatoms. The van der Waals surface area contributed by atoms with Crippen LogP contribution in [0.3, 0.4) is 0 Å². The Morgan fingerprint density at radius 3 is 2.88 bits per heavy atom.